The number of thioether (sulfide) groups is 1. The van der Waals surface area contributed by atoms with Crippen molar-refractivity contribution in [2.24, 2.45) is 0 Å². The Labute approximate surface area is 243 Å². The summed E-state index contributed by atoms with van der Waals surface area (Å²) in [6.45, 7) is 7.22. The average molecular weight is 527 g/mol. The minimum atomic E-state index is -1.02. The first-order valence-corrected chi connectivity index (χ1v) is 14.0. The topological polar surface area (TPSA) is 69.6 Å². The number of carboxylic acids is 1. The Kier molecular flexibility index (Phi) is 12.2. The van der Waals surface area contributed by atoms with Crippen LogP contribution in [0.2, 0.25) is 0 Å². The Morgan fingerprint density at radius 2 is 1.63 bits per heavy atom. The van der Waals surface area contributed by atoms with Crippen LogP contribution in [0, 0.1) is 6.92 Å². The molecule has 0 aliphatic rings. The number of nitrogens with one attached hydrogen (secondary N) is 1. The summed E-state index contributed by atoms with van der Waals surface area (Å²) in [6.07, 6.45) is 3.22. The maximum atomic E-state index is 13.3. The summed E-state index contributed by atoms with van der Waals surface area (Å²) in [7, 11) is 2.13. The van der Waals surface area contributed by atoms with Gasteiger partial charge in [0.1, 0.15) is 6.04 Å². The van der Waals surface area contributed by atoms with Crippen molar-refractivity contribution < 1.29 is 14.7 Å². The normalized spacial score (nSPS) is 12.1. The molecule has 0 aliphatic carbocycles. The van der Waals surface area contributed by atoms with Crippen LogP contribution in [-0.4, -0.2) is 71.4 Å². The van der Waals surface area contributed by atoms with Crippen molar-refractivity contribution in [3.05, 3.63) is 95.1 Å². The molecule has 3 aromatic carbocycles. The van der Waals surface area contributed by atoms with Crippen LogP contribution in [-0.2, 0) is 17.8 Å². The van der Waals surface area contributed by atoms with Crippen molar-refractivity contribution in [2.75, 3.05) is 19.1 Å². The van der Waals surface area contributed by atoms with Crippen molar-refractivity contribution in [3.8, 4) is 11.1 Å². The Balaban J connectivity index is 0.00000507. The van der Waals surface area contributed by atoms with Gasteiger partial charge < -0.3 is 10.4 Å². The van der Waals surface area contributed by atoms with Gasteiger partial charge in [-0.2, -0.15) is 11.8 Å². The molecule has 0 saturated carbocycles. The monoisotopic (exact) mass is 526 g/mol. The molecule has 0 unspecified atom stereocenters. The summed E-state index contributed by atoms with van der Waals surface area (Å²) in [5.41, 5.74) is 5.64. The fourth-order valence-corrected chi connectivity index (χ4v) is 4.90. The zero-order valence-corrected chi connectivity index (χ0v) is 23.3. The van der Waals surface area contributed by atoms with E-state index in [1.165, 1.54) is 5.56 Å². The molecule has 5 nitrogen and oxygen atoms in total. The van der Waals surface area contributed by atoms with Gasteiger partial charge in [-0.3, -0.25) is 9.69 Å². The van der Waals surface area contributed by atoms with E-state index in [1.807, 2.05) is 55.6 Å². The van der Waals surface area contributed by atoms with E-state index in [1.54, 1.807) is 11.8 Å². The van der Waals surface area contributed by atoms with Crippen LogP contribution in [0.4, 0.5) is 0 Å². The number of hydrogen-bond donors (Lipinski definition) is 2. The van der Waals surface area contributed by atoms with E-state index >= 15 is 0 Å². The van der Waals surface area contributed by atoms with E-state index in [4.69, 9.17) is 0 Å². The van der Waals surface area contributed by atoms with Crippen LogP contribution in [0.5, 0.6) is 0 Å². The molecular weight excluding hydrogens is 487 g/mol. The molecule has 0 aromatic heterocycles. The third kappa shape index (κ3) is 8.51. The van der Waals surface area contributed by atoms with Gasteiger partial charge in [-0.15, -0.1) is 0 Å². The molecule has 198 valence electrons. The van der Waals surface area contributed by atoms with Gasteiger partial charge >= 0.3 is 24.8 Å². The van der Waals surface area contributed by atoms with Crippen LogP contribution in [0.15, 0.2) is 72.8 Å². The van der Waals surface area contributed by atoms with Crippen LogP contribution in [0.1, 0.15) is 47.3 Å². The molecule has 0 heterocycles. The fraction of sp³-hybridized carbons (Fsp3) is 0.355. The van der Waals surface area contributed by atoms with Crippen molar-refractivity contribution in [1.29, 1.82) is 0 Å². The zero-order chi connectivity index (χ0) is 27.0. The fourth-order valence-electron chi connectivity index (χ4n) is 4.43. The number of nitrogens with zero attached hydrogens (tertiary/aromatic N) is 1. The first-order valence-electron chi connectivity index (χ1n) is 12.6. The van der Waals surface area contributed by atoms with E-state index in [0.29, 0.717) is 24.3 Å². The number of carboxylic acid groups (broad SMARTS) is 1. The molecule has 0 aliphatic heterocycles. The average Bonchev–Trinajstić information content (AvgIpc) is 2.86. The van der Waals surface area contributed by atoms with Crippen LogP contribution < -0.4 is 5.32 Å². The molecule has 1 atom stereocenters. The van der Waals surface area contributed by atoms with Crippen molar-refractivity contribution in [3.63, 3.8) is 0 Å². The Bertz CT molecular complexity index is 1220. The van der Waals surface area contributed by atoms with Gasteiger partial charge in [0.15, 0.2) is 0 Å². The van der Waals surface area contributed by atoms with E-state index in [-0.39, 0.29) is 30.3 Å². The molecule has 0 bridgehead atoms. The number of hydrogen-bond acceptors (Lipinski definition) is 4. The van der Waals surface area contributed by atoms with Gasteiger partial charge in [0.05, 0.1) is 0 Å². The van der Waals surface area contributed by atoms with E-state index < -0.39 is 12.0 Å². The second kappa shape index (κ2) is 14.6. The summed E-state index contributed by atoms with van der Waals surface area (Å²) < 4.78 is 0. The number of benzene rings is 3. The SMILES string of the molecule is CSCC[C@H](NC(=O)c1ccc(CN(C)C(C)(C)Cc2ccccc2)cc1-c1ccccc1C)C(=O)O.[LiH]. The zero-order valence-electron chi connectivity index (χ0n) is 22.5. The number of carbonyl (C=O) groups is 2. The summed E-state index contributed by atoms with van der Waals surface area (Å²) >= 11 is 1.56. The number of aryl methyl sites for hydroxylation is 1. The van der Waals surface area contributed by atoms with Crippen LogP contribution >= 0.6 is 11.8 Å². The third-order valence-electron chi connectivity index (χ3n) is 6.91. The molecule has 2 N–H and O–H groups in total. The predicted molar refractivity (Wildman–Crippen MR) is 161 cm³/mol. The number of aliphatic carboxylic acids is 1. The molecule has 0 saturated heterocycles. The molecule has 38 heavy (non-hydrogen) atoms. The maximum absolute atomic E-state index is 13.3. The molecule has 1 amide bonds. The molecule has 0 radical (unpaired) electrons. The Morgan fingerprint density at radius 3 is 2.26 bits per heavy atom. The van der Waals surface area contributed by atoms with Gasteiger partial charge in [0, 0.05) is 17.6 Å². The van der Waals surface area contributed by atoms with Crippen molar-refractivity contribution >= 4 is 42.5 Å². The van der Waals surface area contributed by atoms with Gasteiger partial charge in [0.25, 0.3) is 5.91 Å². The standard InChI is InChI=1S/C31H38N2O3S.Li.H/c1-22-11-9-10-14-25(22)27-19-24(21-33(4)31(2,3)20-23-12-7-6-8-13-23)15-16-26(27)29(34)32-28(30(35)36)17-18-37-5;;/h6-16,19,28H,17-18,20-21H2,1-5H3,(H,32,34)(H,35,36);;/t28-;;/m0../s1. The van der Waals surface area contributed by atoms with E-state index in [2.05, 4.69) is 61.4 Å². The summed E-state index contributed by atoms with van der Waals surface area (Å²) in [5.74, 6) is -0.721. The van der Waals surface area contributed by atoms with Gasteiger partial charge in [0.2, 0.25) is 0 Å². The second-order valence-corrected chi connectivity index (χ2v) is 11.2. The second-order valence-electron chi connectivity index (χ2n) is 10.2. The first-order chi connectivity index (χ1) is 17.6. The Hall–Kier alpha value is -2.49. The Morgan fingerprint density at radius 1 is 0.974 bits per heavy atom. The first kappa shape index (κ1) is 31.7. The summed E-state index contributed by atoms with van der Waals surface area (Å²) in [5, 5.41) is 12.4. The van der Waals surface area contributed by atoms with Gasteiger partial charge in [-0.1, -0.05) is 60.7 Å². The van der Waals surface area contributed by atoms with Crippen LogP contribution in [0.3, 0.4) is 0 Å². The van der Waals surface area contributed by atoms with Gasteiger partial charge in [-0.25, -0.2) is 4.79 Å². The number of carbonyl (C=O) groups excluding carboxylic acids is 1. The number of rotatable bonds is 12. The molecule has 0 spiro atoms. The molecule has 7 heteroatoms. The van der Waals surface area contributed by atoms with E-state index in [9.17, 15) is 14.7 Å². The van der Waals surface area contributed by atoms with Crippen LogP contribution in [0.25, 0.3) is 11.1 Å². The van der Waals surface area contributed by atoms with Crippen molar-refractivity contribution in [2.45, 2.75) is 51.7 Å². The molecule has 3 rings (SSSR count). The van der Waals surface area contributed by atoms with E-state index in [0.717, 1.165) is 28.7 Å². The predicted octanol–water partition coefficient (Wildman–Crippen LogP) is 5.40. The van der Waals surface area contributed by atoms with Gasteiger partial charge in [-0.05, 0) is 92.6 Å². The minimum absolute atomic E-state index is 0. The number of amides is 1. The summed E-state index contributed by atoms with van der Waals surface area (Å²) in [4.78, 5) is 27.4. The molecular formula is C31H39LiN2O3S. The molecule has 0 fully saturated rings. The summed E-state index contributed by atoms with van der Waals surface area (Å²) in [6, 6.07) is 23.4. The molecule has 3 aromatic rings. The van der Waals surface area contributed by atoms with Crippen molar-refractivity contribution in [1.82, 2.24) is 10.2 Å². The quantitative estimate of drug-likeness (QED) is 0.309. The third-order valence-corrected chi connectivity index (χ3v) is 7.55. The number of likely N-dealkylation sites (N-methyl/N-ethyl adjacent to an activating group) is 1.